The lowest BCUT2D eigenvalue weighted by molar-refractivity contribution is -0.137. The summed E-state index contributed by atoms with van der Waals surface area (Å²) in [5.74, 6) is 0.0138. The van der Waals surface area contributed by atoms with Crippen LogP contribution >= 0.6 is 11.3 Å². The van der Waals surface area contributed by atoms with E-state index in [1.54, 1.807) is 18.2 Å². The number of hydrogen-bond donors (Lipinski definition) is 2. The summed E-state index contributed by atoms with van der Waals surface area (Å²) in [5, 5.41) is 7.84. The highest BCUT2D eigenvalue weighted by Gasteiger charge is 2.33. The second-order valence-corrected chi connectivity index (χ2v) is 7.67. The van der Waals surface area contributed by atoms with Crippen molar-refractivity contribution in [2.45, 2.75) is 19.6 Å². The Morgan fingerprint density at radius 1 is 1.16 bits per heavy atom. The zero-order valence-electron chi connectivity index (χ0n) is 17.5. The number of methoxy groups -OCH3 is 1. The maximum Gasteiger partial charge on any atom is 0.418 e. The van der Waals surface area contributed by atoms with Crippen molar-refractivity contribution >= 4 is 28.1 Å². The van der Waals surface area contributed by atoms with Crippen molar-refractivity contribution in [3.63, 3.8) is 0 Å². The molecule has 3 aromatic rings. The number of nitrogens with zero attached hydrogens (tertiary/aromatic N) is 1. The maximum absolute atomic E-state index is 13.3. The average Bonchev–Trinajstić information content (AvgIpc) is 3.17. The van der Waals surface area contributed by atoms with Crippen molar-refractivity contribution in [2.75, 3.05) is 31.0 Å². The van der Waals surface area contributed by atoms with Crippen LogP contribution in [0.15, 0.2) is 47.8 Å². The minimum atomic E-state index is -4.47. The van der Waals surface area contributed by atoms with Crippen LogP contribution in [0, 0.1) is 6.92 Å². The van der Waals surface area contributed by atoms with Crippen molar-refractivity contribution < 1.29 is 27.4 Å². The normalized spacial score (nSPS) is 11.3. The van der Waals surface area contributed by atoms with Gasteiger partial charge in [0.05, 0.1) is 17.9 Å². The lowest BCUT2D eigenvalue weighted by Crippen LogP contribution is -2.14. The number of hydrogen-bond acceptors (Lipinski definition) is 6. The molecule has 0 radical (unpaired) electrons. The average molecular weight is 465 g/mol. The van der Waals surface area contributed by atoms with Gasteiger partial charge in [-0.05, 0) is 31.2 Å². The molecule has 0 atom stereocenters. The topological polar surface area (TPSA) is 72.5 Å². The summed E-state index contributed by atoms with van der Waals surface area (Å²) in [4.78, 5) is 16.8. The van der Waals surface area contributed by atoms with Crippen LogP contribution in [0.1, 0.15) is 27.2 Å². The number of amides is 1. The number of alkyl halides is 3. The van der Waals surface area contributed by atoms with Crippen LogP contribution in [0.5, 0.6) is 5.75 Å². The first-order valence-electron chi connectivity index (χ1n) is 9.66. The molecule has 2 aromatic carbocycles. The van der Waals surface area contributed by atoms with Gasteiger partial charge in [0.25, 0.3) is 5.91 Å². The molecule has 0 spiro atoms. The monoisotopic (exact) mass is 465 g/mol. The quantitative estimate of drug-likeness (QED) is 0.416. The molecule has 10 heteroatoms. The van der Waals surface area contributed by atoms with Gasteiger partial charge in [-0.15, -0.1) is 11.3 Å². The molecule has 0 aliphatic heterocycles. The van der Waals surface area contributed by atoms with Crippen LogP contribution in [-0.2, 0) is 17.5 Å². The summed E-state index contributed by atoms with van der Waals surface area (Å²) < 4.78 is 50.5. The summed E-state index contributed by atoms with van der Waals surface area (Å²) >= 11 is 1.31. The molecule has 0 bridgehead atoms. The smallest absolute Gasteiger partial charge is 0.418 e. The number of nitrogens with one attached hydrogen (secondary N) is 2. The Labute approximate surface area is 187 Å². The summed E-state index contributed by atoms with van der Waals surface area (Å²) in [5.41, 5.74) is 0.944. The highest BCUT2D eigenvalue weighted by atomic mass is 32.1. The number of carbonyl (C=O) groups is 1. The molecule has 1 amide bonds. The molecule has 2 N–H and O–H groups in total. The van der Waals surface area contributed by atoms with E-state index in [0.717, 1.165) is 11.8 Å². The Kier molecular flexibility index (Phi) is 7.70. The van der Waals surface area contributed by atoms with Crippen LogP contribution in [-0.4, -0.2) is 31.2 Å². The van der Waals surface area contributed by atoms with Crippen LogP contribution in [0.3, 0.4) is 0 Å². The van der Waals surface area contributed by atoms with E-state index in [-0.39, 0.29) is 24.7 Å². The first kappa shape index (κ1) is 23.6. The van der Waals surface area contributed by atoms with Gasteiger partial charge in [0.15, 0.2) is 5.13 Å². The van der Waals surface area contributed by atoms with Crippen molar-refractivity contribution in [3.05, 3.63) is 70.2 Å². The second kappa shape index (κ2) is 10.5. The standard InChI is InChI=1S/C22H22F3N3O3S/c1-14-13-32-21(27-14)28-20(29)15-7-8-16(19(11-15)31-10-9-30-2)12-26-18-6-4-3-5-17(18)22(23,24)25/h3-8,11,13,26H,9-10,12H2,1-2H3,(H,27,28,29). The van der Waals surface area contributed by atoms with Gasteiger partial charge in [0.1, 0.15) is 12.4 Å². The van der Waals surface area contributed by atoms with Crippen molar-refractivity contribution in [1.82, 2.24) is 4.98 Å². The minimum absolute atomic E-state index is 0.0381. The van der Waals surface area contributed by atoms with E-state index in [2.05, 4.69) is 15.6 Å². The lowest BCUT2D eigenvalue weighted by atomic mass is 10.1. The van der Waals surface area contributed by atoms with Crippen molar-refractivity contribution in [3.8, 4) is 5.75 Å². The van der Waals surface area contributed by atoms with E-state index in [0.29, 0.717) is 28.6 Å². The molecule has 0 unspecified atom stereocenters. The molecule has 3 rings (SSSR count). The molecule has 1 aromatic heterocycles. The van der Waals surface area contributed by atoms with Crippen LogP contribution in [0.25, 0.3) is 0 Å². The van der Waals surface area contributed by atoms with Crippen molar-refractivity contribution in [2.24, 2.45) is 0 Å². The molecule has 0 saturated heterocycles. The number of ether oxygens (including phenoxy) is 2. The molecule has 0 aliphatic rings. The first-order valence-corrected chi connectivity index (χ1v) is 10.5. The van der Waals surface area contributed by atoms with Crippen LogP contribution in [0.4, 0.5) is 24.0 Å². The molecule has 1 heterocycles. The number of anilines is 2. The van der Waals surface area contributed by atoms with E-state index >= 15 is 0 Å². The molecular formula is C22H22F3N3O3S. The van der Waals surface area contributed by atoms with Gasteiger partial charge in [0.2, 0.25) is 0 Å². The van der Waals surface area contributed by atoms with Crippen LogP contribution < -0.4 is 15.4 Å². The summed E-state index contributed by atoms with van der Waals surface area (Å²) in [7, 11) is 1.53. The highest BCUT2D eigenvalue weighted by Crippen LogP contribution is 2.35. The number of aryl methyl sites for hydroxylation is 1. The zero-order chi connectivity index (χ0) is 23.1. The van der Waals surface area contributed by atoms with E-state index < -0.39 is 11.7 Å². The number of halogens is 3. The Morgan fingerprint density at radius 3 is 2.62 bits per heavy atom. The van der Waals surface area contributed by atoms with Gasteiger partial charge in [-0.3, -0.25) is 10.1 Å². The number of thiazole rings is 1. The molecular weight excluding hydrogens is 443 g/mol. The second-order valence-electron chi connectivity index (χ2n) is 6.81. The first-order chi connectivity index (χ1) is 15.3. The number of para-hydroxylation sites is 1. The molecule has 170 valence electrons. The van der Waals surface area contributed by atoms with E-state index in [1.807, 2.05) is 12.3 Å². The fourth-order valence-electron chi connectivity index (χ4n) is 2.87. The number of aromatic nitrogens is 1. The summed E-state index contributed by atoms with van der Waals surface area (Å²) in [6, 6.07) is 10.0. The highest BCUT2D eigenvalue weighted by molar-refractivity contribution is 7.13. The van der Waals surface area contributed by atoms with E-state index in [9.17, 15) is 18.0 Å². The molecule has 6 nitrogen and oxygen atoms in total. The third kappa shape index (κ3) is 6.21. The fourth-order valence-corrected chi connectivity index (χ4v) is 3.55. The Balaban J connectivity index is 1.80. The Hall–Kier alpha value is -3.11. The van der Waals surface area contributed by atoms with Gasteiger partial charge >= 0.3 is 6.18 Å². The van der Waals surface area contributed by atoms with Crippen molar-refractivity contribution in [1.29, 1.82) is 0 Å². The third-order valence-corrected chi connectivity index (χ3v) is 5.29. The predicted molar refractivity (Wildman–Crippen MR) is 117 cm³/mol. The van der Waals surface area contributed by atoms with Gasteiger partial charge in [-0.25, -0.2) is 4.98 Å². The van der Waals surface area contributed by atoms with Gasteiger partial charge in [0, 0.05) is 35.8 Å². The lowest BCUT2D eigenvalue weighted by Gasteiger charge is -2.17. The number of carbonyl (C=O) groups excluding carboxylic acids is 1. The van der Waals surface area contributed by atoms with E-state index in [4.69, 9.17) is 9.47 Å². The Bertz CT molecular complexity index is 1070. The molecule has 0 saturated carbocycles. The molecule has 32 heavy (non-hydrogen) atoms. The fraction of sp³-hybridized carbons (Fsp3) is 0.273. The maximum atomic E-state index is 13.3. The van der Waals surface area contributed by atoms with E-state index in [1.165, 1.54) is 36.6 Å². The summed E-state index contributed by atoms with van der Waals surface area (Å²) in [6.07, 6.45) is -4.47. The largest absolute Gasteiger partial charge is 0.491 e. The zero-order valence-corrected chi connectivity index (χ0v) is 18.3. The van der Waals surface area contributed by atoms with Crippen LogP contribution in [0.2, 0.25) is 0 Å². The predicted octanol–water partition coefficient (Wildman–Crippen LogP) is 5.36. The molecule has 0 fully saturated rings. The van der Waals surface area contributed by atoms with Gasteiger partial charge in [-0.1, -0.05) is 18.2 Å². The minimum Gasteiger partial charge on any atom is -0.491 e. The SMILES string of the molecule is COCCOc1cc(C(=O)Nc2nc(C)cs2)ccc1CNc1ccccc1C(F)(F)F. The van der Waals surface area contributed by atoms with Gasteiger partial charge < -0.3 is 14.8 Å². The Morgan fingerprint density at radius 2 is 1.94 bits per heavy atom. The third-order valence-electron chi connectivity index (χ3n) is 4.42. The number of benzene rings is 2. The van der Waals surface area contributed by atoms with Gasteiger partial charge in [-0.2, -0.15) is 13.2 Å². The molecule has 0 aliphatic carbocycles. The number of rotatable bonds is 9. The summed E-state index contributed by atoms with van der Waals surface area (Å²) in [6.45, 7) is 2.44.